The average molecular weight is 398 g/mol. The zero-order valence-electron chi connectivity index (χ0n) is 17.6. The Bertz CT molecular complexity index is 823. The first kappa shape index (κ1) is 20.0. The van der Waals surface area contributed by atoms with E-state index in [-0.39, 0.29) is 6.79 Å². The van der Waals surface area contributed by atoms with Gasteiger partial charge in [0.2, 0.25) is 5.95 Å². The second-order valence-corrected chi connectivity index (χ2v) is 8.09. The molecule has 1 aliphatic heterocycles. The Morgan fingerprint density at radius 3 is 2.76 bits per heavy atom. The summed E-state index contributed by atoms with van der Waals surface area (Å²) in [7, 11) is 0. The molecule has 0 amide bonds. The summed E-state index contributed by atoms with van der Waals surface area (Å²) < 4.78 is 11.2. The van der Waals surface area contributed by atoms with Crippen molar-refractivity contribution in [1.82, 2.24) is 20.1 Å². The predicted molar refractivity (Wildman–Crippen MR) is 113 cm³/mol. The van der Waals surface area contributed by atoms with Crippen LogP contribution in [-0.4, -0.2) is 58.7 Å². The maximum Gasteiger partial charge on any atom is 0.242 e. The lowest BCUT2D eigenvalue weighted by Gasteiger charge is -2.33. The number of piperidine rings is 1. The molecule has 4 rings (SSSR count). The van der Waals surface area contributed by atoms with Crippen molar-refractivity contribution in [2.75, 3.05) is 31.8 Å². The standard InChI is InChI=1S/C22H31N5O2/c1-4-28-14-29-20-11-15(2)10-16(3)21(20)19-12-23-22(26-25-19)24-17-6-5-9-27(13-17)18-7-8-18/h10-12,17-18H,4-9,13-14H2,1-3H3,(H,23,24,26)/t17-/m1/s1. The summed E-state index contributed by atoms with van der Waals surface area (Å²) in [6.07, 6.45) is 6.86. The number of hydrogen-bond acceptors (Lipinski definition) is 7. The van der Waals surface area contributed by atoms with Gasteiger partial charge in [0.25, 0.3) is 0 Å². The van der Waals surface area contributed by atoms with Gasteiger partial charge in [-0.1, -0.05) is 6.07 Å². The van der Waals surface area contributed by atoms with Gasteiger partial charge in [0.15, 0.2) is 6.79 Å². The molecule has 1 atom stereocenters. The maximum absolute atomic E-state index is 5.85. The fourth-order valence-electron chi connectivity index (χ4n) is 4.09. The summed E-state index contributed by atoms with van der Waals surface area (Å²) in [4.78, 5) is 7.14. The molecule has 0 unspecified atom stereocenters. The van der Waals surface area contributed by atoms with E-state index in [1.807, 2.05) is 13.0 Å². The van der Waals surface area contributed by atoms with Crippen LogP contribution in [-0.2, 0) is 4.74 Å². The van der Waals surface area contributed by atoms with E-state index in [1.54, 1.807) is 6.20 Å². The van der Waals surface area contributed by atoms with Crippen molar-refractivity contribution in [3.8, 4) is 17.0 Å². The fraction of sp³-hybridized carbons (Fsp3) is 0.591. The summed E-state index contributed by atoms with van der Waals surface area (Å²) in [5, 5.41) is 12.3. The van der Waals surface area contributed by atoms with Crippen LogP contribution < -0.4 is 10.1 Å². The monoisotopic (exact) mass is 397 g/mol. The first-order valence-electron chi connectivity index (χ1n) is 10.7. The molecule has 1 aliphatic carbocycles. The van der Waals surface area contributed by atoms with E-state index in [2.05, 4.69) is 45.3 Å². The molecular formula is C22H31N5O2. The van der Waals surface area contributed by atoms with Gasteiger partial charge in [-0.15, -0.1) is 10.2 Å². The third-order valence-electron chi connectivity index (χ3n) is 5.61. The van der Waals surface area contributed by atoms with Gasteiger partial charge >= 0.3 is 0 Å². The molecule has 7 heteroatoms. The molecule has 2 heterocycles. The molecule has 2 fully saturated rings. The average Bonchev–Trinajstić information content (AvgIpc) is 3.55. The van der Waals surface area contributed by atoms with E-state index in [0.717, 1.165) is 41.4 Å². The van der Waals surface area contributed by atoms with E-state index in [4.69, 9.17) is 9.47 Å². The molecule has 29 heavy (non-hydrogen) atoms. The van der Waals surface area contributed by atoms with Crippen molar-refractivity contribution in [2.24, 2.45) is 0 Å². The van der Waals surface area contributed by atoms with Gasteiger partial charge in [-0.25, -0.2) is 4.98 Å². The van der Waals surface area contributed by atoms with Gasteiger partial charge < -0.3 is 14.8 Å². The summed E-state index contributed by atoms with van der Waals surface area (Å²) in [6, 6.07) is 5.32. The molecule has 1 aromatic carbocycles. The van der Waals surface area contributed by atoms with Gasteiger partial charge in [-0.05, 0) is 70.2 Å². The van der Waals surface area contributed by atoms with E-state index >= 15 is 0 Å². The quantitative estimate of drug-likeness (QED) is 0.539. The molecule has 0 bridgehead atoms. The number of hydrogen-bond donors (Lipinski definition) is 1. The highest BCUT2D eigenvalue weighted by molar-refractivity contribution is 5.71. The summed E-state index contributed by atoms with van der Waals surface area (Å²) in [5.41, 5.74) is 3.84. The van der Waals surface area contributed by atoms with E-state index in [1.165, 1.54) is 25.8 Å². The Morgan fingerprint density at radius 2 is 2.03 bits per heavy atom. The minimum Gasteiger partial charge on any atom is -0.467 e. The zero-order chi connectivity index (χ0) is 20.2. The van der Waals surface area contributed by atoms with Crippen LogP contribution in [0.5, 0.6) is 5.75 Å². The van der Waals surface area contributed by atoms with Crippen LogP contribution in [0, 0.1) is 13.8 Å². The Hall–Kier alpha value is -2.25. The van der Waals surface area contributed by atoms with Gasteiger partial charge in [0.05, 0.1) is 6.20 Å². The Labute approximate surface area is 172 Å². The van der Waals surface area contributed by atoms with Gasteiger partial charge in [-0.3, -0.25) is 4.90 Å². The molecule has 7 nitrogen and oxygen atoms in total. The molecule has 1 aromatic heterocycles. The second kappa shape index (κ2) is 9.05. The van der Waals surface area contributed by atoms with Crippen molar-refractivity contribution in [3.63, 3.8) is 0 Å². The van der Waals surface area contributed by atoms with Crippen molar-refractivity contribution in [2.45, 2.75) is 58.5 Å². The highest BCUT2D eigenvalue weighted by atomic mass is 16.7. The minimum atomic E-state index is 0.214. The topological polar surface area (TPSA) is 72.4 Å². The van der Waals surface area contributed by atoms with Crippen LogP contribution in [0.2, 0.25) is 0 Å². The van der Waals surface area contributed by atoms with Crippen molar-refractivity contribution in [3.05, 3.63) is 29.5 Å². The number of ether oxygens (including phenoxy) is 2. The number of anilines is 1. The summed E-state index contributed by atoms with van der Waals surface area (Å²) in [5.74, 6) is 1.35. The highest BCUT2D eigenvalue weighted by Gasteiger charge is 2.32. The fourth-order valence-corrected chi connectivity index (χ4v) is 4.09. The molecule has 2 aromatic rings. The molecule has 156 valence electrons. The summed E-state index contributed by atoms with van der Waals surface area (Å²) in [6.45, 7) is 9.17. The summed E-state index contributed by atoms with van der Waals surface area (Å²) >= 11 is 0. The zero-order valence-corrected chi connectivity index (χ0v) is 17.6. The van der Waals surface area contributed by atoms with Crippen molar-refractivity contribution >= 4 is 5.95 Å². The smallest absolute Gasteiger partial charge is 0.242 e. The van der Waals surface area contributed by atoms with Crippen LogP contribution in [0.3, 0.4) is 0 Å². The minimum absolute atomic E-state index is 0.214. The van der Waals surface area contributed by atoms with Crippen molar-refractivity contribution < 1.29 is 9.47 Å². The molecule has 1 saturated heterocycles. The van der Waals surface area contributed by atoms with E-state index < -0.39 is 0 Å². The van der Waals surface area contributed by atoms with Crippen LogP contribution >= 0.6 is 0 Å². The number of benzene rings is 1. The number of nitrogens with one attached hydrogen (secondary N) is 1. The Kier molecular flexibility index (Phi) is 6.25. The third kappa shape index (κ3) is 5.03. The molecular weight excluding hydrogens is 366 g/mol. The van der Waals surface area contributed by atoms with Crippen LogP contribution in [0.25, 0.3) is 11.3 Å². The Morgan fingerprint density at radius 1 is 1.17 bits per heavy atom. The van der Waals surface area contributed by atoms with Crippen LogP contribution in [0.15, 0.2) is 18.3 Å². The van der Waals surface area contributed by atoms with E-state index in [0.29, 0.717) is 24.3 Å². The lowest BCUT2D eigenvalue weighted by molar-refractivity contribution is 0.0227. The van der Waals surface area contributed by atoms with Crippen LogP contribution in [0.1, 0.15) is 43.7 Å². The SMILES string of the molecule is CCOCOc1cc(C)cc(C)c1-c1cnc(N[C@@H]2CCCN(C3CC3)C2)nn1. The molecule has 1 saturated carbocycles. The molecule has 1 N–H and O–H groups in total. The maximum atomic E-state index is 5.85. The molecule has 0 radical (unpaired) electrons. The predicted octanol–water partition coefficient (Wildman–Crippen LogP) is 3.57. The lowest BCUT2D eigenvalue weighted by Crippen LogP contribution is -2.43. The first-order chi connectivity index (χ1) is 14.1. The molecule has 2 aliphatic rings. The third-order valence-corrected chi connectivity index (χ3v) is 5.61. The first-order valence-corrected chi connectivity index (χ1v) is 10.7. The van der Waals surface area contributed by atoms with Crippen LogP contribution in [0.4, 0.5) is 5.95 Å². The lowest BCUT2D eigenvalue weighted by atomic mass is 10.0. The number of aryl methyl sites for hydroxylation is 2. The van der Waals surface area contributed by atoms with E-state index in [9.17, 15) is 0 Å². The van der Waals surface area contributed by atoms with Gasteiger partial charge in [0.1, 0.15) is 11.4 Å². The highest BCUT2D eigenvalue weighted by Crippen LogP contribution is 2.33. The van der Waals surface area contributed by atoms with Crippen molar-refractivity contribution in [1.29, 1.82) is 0 Å². The Balaban J connectivity index is 1.47. The number of aromatic nitrogens is 3. The number of rotatable bonds is 8. The number of nitrogens with zero attached hydrogens (tertiary/aromatic N) is 4. The molecule has 0 spiro atoms. The van der Waals surface area contributed by atoms with Gasteiger partial charge in [0, 0.05) is 30.8 Å². The normalized spacial score (nSPS) is 19.9. The largest absolute Gasteiger partial charge is 0.467 e. The second-order valence-electron chi connectivity index (χ2n) is 8.09. The number of likely N-dealkylation sites (tertiary alicyclic amines) is 1. The van der Waals surface area contributed by atoms with Gasteiger partial charge in [-0.2, -0.15) is 0 Å².